The average molecular weight is 368 g/mol. The fraction of sp³-hybridized carbons (Fsp3) is 0.333. The molecular weight excluding hydrogens is 344 g/mol. The minimum atomic E-state index is -0.700. The summed E-state index contributed by atoms with van der Waals surface area (Å²) in [6.07, 6.45) is -0.700. The SMILES string of the molecule is CC(Oc1cccc(-c2ccc(C(=O)NCC3(C)COC3)cc2)c1)C(N)=O. The van der Waals surface area contributed by atoms with Crippen LogP contribution in [0.15, 0.2) is 48.5 Å². The average Bonchev–Trinajstić information content (AvgIpc) is 2.65. The number of primary amides is 1. The van der Waals surface area contributed by atoms with Crippen molar-refractivity contribution in [2.24, 2.45) is 11.1 Å². The van der Waals surface area contributed by atoms with Crippen molar-refractivity contribution in [3.8, 4) is 16.9 Å². The number of amides is 2. The quantitative estimate of drug-likeness (QED) is 0.785. The van der Waals surface area contributed by atoms with Gasteiger partial charge < -0.3 is 20.5 Å². The summed E-state index contributed by atoms with van der Waals surface area (Å²) in [6, 6.07) is 14.8. The van der Waals surface area contributed by atoms with Crippen LogP contribution in [0, 0.1) is 5.41 Å². The Morgan fingerprint density at radius 1 is 1.19 bits per heavy atom. The summed E-state index contributed by atoms with van der Waals surface area (Å²) < 4.78 is 10.7. The molecule has 2 aromatic rings. The number of nitrogens with one attached hydrogen (secondary N) is 1. The first-order chi connectivity index (χ1) is 12.9. The lowest BCUT2D eigenvalue weighted by atomic mass is 9.88. The number of hydrogen-bond donors (Lipinski definition) is 2. The van der Waals surface area contributed by atoms with Crippen molar-refractivity contribution < 1.29 is 19.1 Å². The van der Waals surface area contributed by atoms with Crippen LogP contribution in [-0.2, 0) is 9.53 Å². The van der Waals surface area contributed by atoms with Crippen molar-refractivity contribution >= 4 is 11.8 Å². The molecule has 2 amide bonds. The first kappa shape index (κ1) is 18.9. The molecule has 1 fully saturated rings. The number of ether oxygens (including phenoxy) is 2. The lowest BCUT2D eigenvalue weighted by Crippen LogP contribution is -2.48. The van der Waals surface area contributed by atoms with Crippen molar-refractivity contribution in [1.29, 1.82) is 0 Å². The molecule has 3 rings (SSSR count). The topological polar surface area (TPSA) is 90.7 Å². The highest BCUT2D eigenvalue weighted by molar-refractivity contribution is 5.94. The van der Waals surface area contributed by atoms with Gasteiger partial charge in [-0.2, -0.15) is 0 Å². The number of nitrogens with two attached hydrogens (primary N) is 1. The standard InChI is InChI=1S/C21H24N2O4/c1-14(19(22)24)27-18-5-3-4-17(10-18)15-6-8-16(9-7-15)20(25)23-11-21(2)12-26-13-21/h3-10,14H,11-13H2,1-2H3,(H2,22,24)(H,23,25). The normalized spacial score (nSPS) is 16.1. The van der Waals surface area contributed by atoms with E-state index in [4.69, 9.17) is 15.2 Å². The summed E-state index contributed by atoms with van der Waals surface area (Å²) in [5, 5.41) is 2.96. The second-order valence-electron chi connectivity index (χ2n) is 7.25. The molecule has 1 unspecified atom stereocenters. The molecule has 0 aromatic heterocycles. The van der Waals surface area contributed by atoms with E-state index >= 15 is 0 Å². The van der Waals surface area contributed by atoms with Gasteiger partial charge >= 0.3 is 0 Å². The highest BCUT2D eigenvalue weighted by atomic mass is 16.5. The molecule has 3 N–H and O–H groups in total. The summed E-state index contributed by atoms with van der Waals surface area (Å²) in [5.74, 6) is -0.0447. The number of carbonyl (C=O) groups is 2. The lowest BCUT2D eigenvalue weighted by Gasteiger charge is -2.38. The van der Waals surface area contributed by atoms with Crippen molar-refractivity contribution in [2.45, 2.75) is 20.0 Å². The van der Waals surface area contributed by atoms with E-state index in [2.05, 4.69) is 12.2 Å². The summed E-state index contributed by atoms with van der Waals surface area (Å²) in [4.78, 5) is 23.5. The van der Waals surface area contributed by atoms with Crippen LogP contribution in [-0.4, -0.2) is 37.7 Å². The largest absolute Gasteiger partial charge is 0.481 e. The van der Waals surface area contributed by atoms with E-state index in [1.54, 1.807) is 25.1 Å². The van der Waals surface area contributed by atoms with Crippen LogP contribution >= 0.6 is 0 Å². The van der Waals surface area contributed by atoms with Crippen LogP contribution in [0.25, 0.3) is 11.1 Å². The number of hydrogen-bond acceptors (Lipinski definition) is 4. The Morgan fingerprint density at radius 2 is 1.89 bits per heavy atom. The molecule has 1 aliphatic heterocycles. The second kappa shape index (κ2) is 7.80. The Labute approximate surface area is 158 Å². The first-order valence-corrected chi connectivity index (χ1v) is 8.89. The molecule has 1 atom stereocenters. The Bertz CT molecular complexity index is 828. The van der Waals surface area contributed by atoms with Crippen LogP contribution in [0.3, 0.4) is 0 Å². The first-order valence-electron chi connectivity index (χ1n) is 8.89. The molecular formula is C21H24N2O4. The van der Waals surface area contributed by atoms with Gasteiger partial charge in [-0.1, -0.05) is 31.2 Å². The predicted octanol–water partition coefficient (Wildman–Crippen LogP) is 2.37. The van der Waals surface area contributed by atoms with E-state index in [0.717, 1.165) is 11.1 Å². The van der Waals surface area contributed by atoms with Crippen molar-refractivity contribution in [1.82, 2.24) is 5.32 Å². The highest BCUT2D eigenvalue weighted by Crippen LogP contribution is 2.26. The minimum absolute atomic E-state index is 0.0398. The summed E-state index contributed by atoms with van der Waals surface area (Å²) >= 11 is 0. The Hall–Kier alpha value is -2.86. The molecule has 1 heterocycles. The Morgan fingerprint density at radius 3 is 2.48 bits per heavy atom. The van der Waals surface area contributed by atoms with Crippen molar-refractivity contribution in [3.05, 3.63) is 54.1 Å². The third-order valence-corrected chi connectivity index (χ3v) is 4.60. The predicted molar refractivity (Wildman–Crippen MR) is 102 cm³/mol. The Kier molecular flexibility index (Phi) is 5.46. The van der Waals surface area contributed by atoms with Crippen LogP contribution in [0.4, 0.5) is 0 Å². The molecule has 0 radical (unpaired) electrons. The van der Waals surface area contributed by atoms with E-state index in [9.17, 15) is 9.59 Å². The smallest absolute Gasteiger partial charge is 0.258 e. The van der Waals surface area contributed by atoms with Crippen LogP contribution in [0.2, 0.25) is 0 Å². The van der Waals surface area contributed by atoms with E-state index in [-0.39, 0.29) is 11.3 Å². The molecule has 0 bridgehead atoms. The molecule has 0 spiro atoms. The maximum atomic E-state index is 12.3. The lowest BCUT2D eigenvalue weighted by molar-refractivity contribution is -0.123. The highest BCUT2D eigenvalue weighted by Gasteiger charge is 2.33. The molecule has 1 aliphatic rings. The second-order valence-corrected chi connectivity index (χ2v) is 7.25. The summed E-state index contributed by atoms with van der Waals surface area (Å²) in [6.45, 7) is 5.66. The van der Waals surface area contributed by atoms with Crippen LogP contribution < -0.4 is 15.8 Å². The third kappa shape index (κ3) is 4.65. The maximum absolute atomic E-state index is 12.3. The van der Waals surface area contributed by atoms with Gasteiger partial charge in [0.25, 0.3) is 11.8 Å². The molecule has 6 nitrogen and oxygen atoms in total. The van der Waals surface area contributed by atoms with Gasteiger partial charge in [-0.15, -0.1) is 0 Å². The van der Waals surface area contributed by atoms with Gasteiger partial charge in [0.1, 0.15) is 5.75 Å². The van der Waals surface area contributed by atoms with Gasteiger partial charge in [0, 0.05) is 17.5 Å². The number of carbonyl (C=O) groups excluding carboxylic acids is 2. The van der Waals surface area contributed by atoms with Crippen molar-refractivity contribution in [2.75, 3.05) is 19.8 Å². The zero-order chi connectivity index (χ0) is 19.4. The van der Waals surface area contributed by atoms with Crippen molar-refractivity contribution in [3.63, 3.8) is 0 Å². The molecule has 27 heavy (non-hydrogen) atoms. The maximum Gasteiger partial charge on any atom is 0.258 e. The minimum Gasteiger partial charge on any atom is -0.481 e. The fourth-order valence-electron chi connectivity index (χ4n) is 2.77. The van der Waals surface area contributed by atoms with Crippen LogP contribution in [0.1, 0.15) is 24.2 Å². The zero-order valence-electron chi connectivity index (χ0n) is 15.5. The number of rotatable bonds is 7. The Balaban J connectivity index is 1.66. The molecule has 0 aliphatic carbocycles. The molecule has 2 aromatic carbocycles. The molecule has 1 saturated heterocycles. The zero-order valence-corrected chi connectivity index (χ0v) is 15.5. The monoisotopic (exact) mass is 368 g/mol. The van der Waals surface area contributed by atoms with Gasteiger partial charge in [0.15, 0.2) is 6.10 Å². The van der Waals surface area contributed by atoms with Gasteiger partial charge in [-0.25, -0.2) is 0 Å². The number of benzene rings is 2. The van der Waals surface area contributed by atoms with Crippen LogP contribution in [0.5, 0.6) is 5.75 Å². The molecule has 0 saturated carbocycles. The fourth-order valence-corrected chi connectivity index (χ4v) is 2.77. The van der Waals surface area contributed by atoms with Gasteiger partial charge in [0.2, 0.25) is 0 Å². The van der Waals surface area contributed by atoms with Gasteiger partial charge in [-0.05, 0) is 42.3 Å². The van der Waals surface area contributed by atoms with E-state index in [0.29, 0.717) is 31.1 Å². The van der Waals surface area contributed by atoms with E-state index in [1.165, 1.54) is 0 Å². The molecule has 6 heteroatoms. The summed E-state index contributed by atoms with van der Waals surface area (Å²) in [5.41, 5.74) is 7.76. The van der Waals surface area contributed by atoms with Gasteiger partial charge in [-0.3, -0.25) is 9.59 Å². The van der Waals surface area contributed by atoms with E-state index in [1.807, 2.05) is 30.3 Å². The van der Waals surface area contributed by atoms with E-state index < -0.39 is 12.0 Å². The third-order valence-electron chi connectivity index (χ3n) is 4.60. The van der Waals surface area contributed by atoms with Gasteiger partial charge in [0.05, 0.1) is 13.2 Å². The molecule has 142 valence electrons. The summed E-state index contributed by atoms with van der Waals surface area (Å²) in [7, 11) is 0.